The Morgan fingerprint density at radius 1 is 0.963 bits per heavy atom. The molecule has 0 radical (unpaired) electrons. The lowest BCUT2D eigenvalue weighted by molar-refractivity contribution is 0.387. The summed E-state index contributed by atoms with van der Waals surface area (Å²) in [6.45, 7) is 3.03. The van der Waals surface area contributed by atoms with E-state index in [2.05, 4.69) is 16.9 Å². The first-order valence-electron chi connectivity index (χ1n) is 8.16. The van der Waals surface area contributed by atoms with Gasteiger partial charge in [0.05, 0.1) is 0 Å². The lowest BCUT2D eigenvalue weighted by Crippen LogP contribution is -2.34. The molecular weight excluding hydrogens is 390 g/mol. The van der Waals surface area contributed by atoms with Crippen LogP contribution in [0.2, 0.25) is 0 Å². The van der Waals surface area contributed by atoms with Gasteiger partial charge in [0.15, 0.2) is 10.1 Å². The Balaban J connectivity index is 0.000000223. The quantitative estimate of drug-likeness (QED) is 0.606. The van der Waals surface area contributed by atoms with Crippen molar-refractivity contribution in [2.75, 3.05) is 13.1 Å². The number of rotatable bonds is 3. The van der Waals surface area contributed by atoms with Gasteiger partial charge in [-0.3, -0.25) is 4.55 Å². The highest BCUT2D eigenvalue weighted by molar-refractivity contribution is 7.89. The monoisotopic (exact) mass is 411 g/mol. The highest BCUT2D eigenvalue weighted by Crippen LogP contribution is 2.18. The lowest BCUT2D eigenvalue weighted by Gasteiger charge is -2.21. The van der Waals surface area contributed by atoms with E-state index in [4.69, 9.17) is 4.55 Å². The molecule has 27 heavy (non-hydrogen) atoms. The van der Waals surface area contributed by atoms with E-state index in [1.807, 2.05) is 12.2 Å². The van der Waals surface area contributed by atoms with E-state index >= 15 is 0 Å². The number of hydrogen-bond acceptors (Lipinski definition) is 6. The van der Waals surface area contributed by atoms with Gasteiger partial charge in [-0.15, -0.1) is 0 Å². The molecule has 0 saturated carbocycles. The summed E-state index contributed by atoms with van der Waals surface area (Å²) in [7, 11) is -7.56. The minimum absolute atomic E-state index is 0.127. The highest BCUT2D eigenvalue weighted by atomic mass is 32.2. The fraction of sp³-hybridized carbons (Fsp3) is 0.294. The fourth-order valence-electron chi connectivity index (χ4n) is 2.35. The van der Waals surface area contributed by atoms with E-state index in [1.165, 1.54) is 34.9 Å². The Bertz CT molecular complexity index is 962. The Kier molecular flexibility index (Phi) is 7.19. The normalized spacial score (nSPS) is 18.2. The third-order valence-electron chi connectivity index (χ3n) is 3.67. The summed E-state index contributed by atoms with van der Waals surface area (Å²) in [4.78, 5) is 7.34. The largest absolute Gasteiger partial charge is 0.312 e. The standard InChI is InChI=1S/C12H16N2O2S.C5H5NO3S/c1-11-6-3-5-9-14(10-11)17(15,16)12-7-2-4-8-13-12;7-10(8,9)5-3-1-2-4-6-5/h2-5,7-8,11H,6,9-10H2,1H3;1-4H,(H,7,8,9). The average Bonchev–Trinajstić information content (AvgIpc) is 2.88. The molecule has 0 aliphatic carbocycles. The van der Waals surface area contributed by atoms with Gasteiger partial charge in [-0.1, -0.05) is 31.2 Å². The van der Waals surface area contributed by atoms with Crippen LogP contribution in [0.25, 0.3) is 0 Å². The number of sulfonamides is 1. The van der Waals surface area contributed by atoms with E-state index in [0.717, 1.165) is 6.42 Å². The molecule has 0 spiro atoms. The summed E-state index contributed by atoms with van der Waals surface area (Å²) in [5.74, 6) is 0.340. The molecule has 0 bridgehead atoms. The van der Waals surface area contributed by atoms with Gasteiger partial charge in [-0.25, -0.2) is 18.4 Å². The number of nitrogens with zero attached hydrogens (tertiary/aromatic N) is 3. The Labute approximate surface area is 159 Å². The molecule has 146 valence electrons. The first-order valence-corrected chi connectivity index (χ1v) is 11.0. The van der Waals surface area contributed by atoms with E-state index in [9.17, 15) is 16.8 Å². The summed E-state index contributed by atoms with van der Waals surface area (Å²) < 4.78 is 55.2. The van der Waals surface area contributed by atoms with Crippen LogP contribution in [0.5, 0.6) is 0 Å². The lowest BCUT2D eigenvalue weighted by atomic mass is 10.1. The van der Waals surface area contributed by atoms with Gasteiger partial charge >= 0.3 is 10.1 Å². The Morgan fingerprint density at radius 2 is 1.56 bits per heavy atom. The molecule has 0 amide bonds. The van der Waals surface area contributed by atoms with Gasteiger partial charge in [-0.2, -0.15) is 12.7 Å². The van der Waals surface area contributed by atoms with E-state index in [-0.39, 0.29) is 10.1 Å². The molecule has 1 atom stereocenters. The van der Waals surface area contributed by atoms with Crippen LogP contribution >= 0.6 is 0 Å². The molecule has 1 aliphatic heterocycles. The van der Waals surface area contributed by atoms with Crippen molar-refractivity contribution in [3.05, 3.63) is 60.9 Å². The molecule has 2 aromatic rings. The Hall–Kier alpha value is -2.14. The van der Waals surface area contributed by atoms with Crippen LogP contribution in [-0.4, -0.2) is 48.8 Å². The zero-order chi connectivity index (χ0) is 19.9. The molecule has 1 aliphatic rings. The fourth-order valence-corrected chi connectivity index (χ4v) is 4.23. The molecule has 3 heterocycles. The van der Waals surface area contributed by atoms with Crippen molar-refractivity contribution in [1.29, 1.82) is 0 Å². The van der Waals surface area contributed by atoms with Gasteiger partial charge in [-0.05, 0) is 36.6 Å². The smallest absolute Gasteiger partial charge is 0.281 e. The SMILES string of the molecule is CC1CC=CCN(S(=O)(=O)c2ccccn2)C1.O=S(=O)(O)c1ccccn1. The van der Waals surface area contributed by atoms with Crippen LogP contribution in [0, 0.1) is 5.92 Å². The molecule has 2 aromatic heterocycles. The minimum Gasteiger partial charge on any atom is -0.281 e. The maximum Gasteiger partial charge on any atom is 0.312 e. The van der Waals surface area contributed by atoms with Gasteiger partial charge < -0.3 is 0 Å². The summed E-state index contributed by atoms with van der Waals surface area (Å²) in [6.07, 6.45) is 7.67. The van der Waals surface area contributed by atoms with Crippen molar-refractivity contribution in [2.45, 2.75) is 23.4 Å². The molecule has 8 nitrogen and oxygen atoms in total. The number of pyridine rings is 2. The third kappa shape index (κ3) is 6.21. The van der Waals surface area contributed by atoms with Crippen LogP contribution in [0.15, 0.2) is 71.0 Å². The second-order valence-electron chi connectivity index (χ2n) is 5.95. The number of allylic oxidation sites excluding steroid dienone is 1. The summed E-state index contributed by atoms with van der Waals surface area (Å²) in [5, 5.41) is -0.197. The minimum atomic E-state index is -4.11. The van der Waals surface area contributed by atoms with Crippen molar-refractivity contribution >= 4 is 20.1 Å². The predicted octanol–water partition coefficient (Wildman–Crippen LogP) is 2.00. The molecule has 0 saturated heterocycles. The number of aromatic nitrogens is 2. The third-order valence-corrected chi connectivity index (χ3v) is 6.19. The second-order valence-corrected chi connectivity index (χ2v) is 9.20. The molecule has 0 fully saturated rings. The predicted molar refractivity (Wildman–Crippen MR) is 100.0 cm³/mol. The van der Waals surface area contributed by atoms with Gasteiger partial charge in [0.2, 0.25) is 0 Å². The van der Waals surface area contributed by atoms with E-state index in [1.54, 1.807) is 18.2 Å². The highest BCUT2D eigenvalue weighted by Gasteiger charge is 2.26. The zero-order valence-corrected chi connectivity index (χ0v) is 16.3. The first kappa shape index (κ1) is 21.2. The maximum absolute atomic E-state index is 12.3. The van der Waals surface area contributed by atoms with Crippen molar-refractivity contribution in [1.82, 2.24) is 14.3 Å². The topological polar surface area (TPSA) is 118 Å². The summed E-state index contributed by atoms with van der Waals surface area (Å²) in [6, 6.07) is 9.20. The summed E-state index contributed by atoms with van der Waals surface area (Å²) >= 11 is 0. The van der Waals surface area contributed by atoms with Crippen LogP contribution in [0.4, 0.5) is 0 Å². The van der Waals surface area contributed by atoms with Crippen molar-refractivity contribution < 1.29 is 21.4 Å². The number of hydrogen-bond donors (Lipinski definition) is 1. The molecule has 1 N–H and O–H groups in total. The van der Waals surface area contributed by atoms with Crippen molar-refractivity contribution in [2.24, 2.45) is 5.92 Å². The zero-order valence-electron chi connectivity index (χ0n) is 14.7. The van der Waals surface area contributed by atoms with Gasteiger partial charge in [0.25, 0.3) is 10.0 Å². The molecule has 3 rings (SSSR count). The van der Waals surface area contributed by atoms with Crippen LogP contribution in [0.1, 0.15) is 13.3 Å². The van der Waals surface area contributed by atoms with Gasteiger partial charge in [0, 0.05) is 25.5 Å². The second kappa shape index (κ2) is 9.18. The molecule has 1 unspecified atom stereocenters. The van der Waals surface area contributed by atoms with Crippen molar-refractivity contribution in [3.8, 4) is 0 Å². The summed E-state index contributed by atoms with van der Waals surface area (Å²) in [5.41, 5.74) is 0. The van der Waals surface area contributed by atoms with E-state index < -0.39 is 20.1 Å². The Morgan fingerprint density at radius 3 is 2.04 bits per heavy atom. The molecule has 0 aromatic carbocycles. The average molecular weight is 412 g/mol. The van der Waals surface area contributed by atoms with E-state index in [0.29, 0.717) is 19.0 Å². The van der Waals surface area contributed by atoms with Crippen molar-refractivity contribution in [3.63, 3.8) is 0 Å². The first-order chi connectivity index (χ1) is 12.7. The van der Waals surface area contributed by atoms with Crippen LogP contribution in [0.3, 0.4) is 0 Å². The van der Waals surface area contributed by atoms with Crippen LogP contribution < -0.4 is 0 Å². The van der Waals surface area contributed by atoms with Gasteiger partial charge in [0.1, 0.15) is 0 Å². The van der Waals surface area contributed by atoms with Crippen LogP contribution in [-0.2, 0) is 20.1 Å². The maximum atomic E-state index is 12.3. The molecule has 10 heteroatoms. The molecular formula is C17H21N3O5S2.